The van der Waals surface area contributed by atoms with Crippen LogP contribution in [0.4, 0.5) is 5.69 Å². The average Bonchev–Trinajstić information content (AvgIpc) is 2.56. The first-order valence-corrected chi connectivity index (χ1v) is 7.87. The minimum absolute atomic E-state index is 0.0176. The van der Waals surface area contributed by atoms with Crippen LogP contribution >= 0.6 is 0 Å². The molecular weight excluding hydrogens is 264 g/mol. The molecule has 1 N–H and O–H groups in total. The van der Waals surface area contributed by atoms with Gasteiger partial charge in [-0.1, -0.05) is 0 Å². The van der Waals surface area contributed by atoms with E-state index < -0.39 is 0 Å². The van der Waals surface area contributed by atoms with Crippen molar-refractivity contribution < 1.29 is 4.79 Å². The van der Waals surface area contributed by atoms with Gasteiger partial charge in [-0.25, -0.2) is 0 Å². The molecule has 1 aromatic heterocycles. The molecule has 0 saturated carbocycles. The minimum Gasteiger partial charge on any atom is -0.370 e. The number of piperidine rings is 1. The Morgan fingerprint density at radius 2 is 2.24 bits per heavy atom. The number of hydrogen-bond donors (Lipinski definition) is 1. The normalized spacial score (nSPS) is 18.6. The summed E-state index contributed by atoms with van der Waals surface area (Å²) in [6.07, 6.45) is 4.13. The van der Waals surface area contributed by atoms with Crippen molar-refractivity contribution in [2.75, 3.05) is 38.1 Å². The zero-order valence-electron chi connectivity index (χ0n) is 13.3. The summed E-state index contributed by atoms with van der Waals surface area (Å²) in [6.45, 7) is 7.45. The lowest BCUT2D eigenvalue weighted by Crippen LogP contribution is -2.44. The Balaban J connectivity index is 2.15. The maximum Gasteiger partial charge on any atom is 0.272 e. The summed E-state index contributed by atoms with van der Waals surface area (Å²) in [5, 5.41) is 3.35. The van der Waals surface area contributed by atoms with Crippen LogP contribution in [0.1, 0.15) is 37.2 Å². The lowest BCUT2D eigenvalue weighted by atomic mass is 10.1. The van der Waals surface area contributed by atoms with Crippen molar-refractivity contribution in [3.63, 3.8) is 0 Å². The van der Waals surface area contributed by atoms with Crippen molar-refractivity contribution in [3.05, 3.63) is 24.0 Å². The second-order valence-corrected chi connectivity index (χ2v) is 5.45. The molecular formula is C16H26N4O. The summed E-state index contributed by atoms with van der Waals surface area (Å²) < 4.78 is 0. The van der Waals surface area contributed by atoms with E-state index in [9.17, 15) is 4.79 Å². The van der Waals surface area contributed by atoms with Crippen LogP contribution in [0.3, 0.4) is 0 Å². The average molecular weight is 290 g/mol. The van der Waals surface area contributed by atoms with Gasteiger partial charge < -0.3 is 15.1 Å². The number of hydrogen-bond acceptors (Lipinski definition) is 4. The smallest absolute Gasteiger partial charge is 0.272 e. The van der Waals surface area contributed by atoms with Crippen LogP contribution in [-0.4, -0.2) is 55.1 Å². The van der Waals surface area contributed by atoms with Gasteiger partial charge in [-0.3, -0.25) is 9.78 Å². The molecule has 1 saturated heterocycles. The van der Waals surface area contributed by atoms with Crippen LogP contribution in [0.2, 0.25) is 0 Å². The SMILES string of the molecule is CCN(CC)C(=O)c1cc(N2CCCC(NC)C2)ccn1. The van der Waals surface area contributed by atoms with Crippen LogP contribution in [0.5, 0.6) is 0 Å². The summed E-state index contributed by atoms with van der Waals surface area (Å²) in [5.74, 6) is 0.0176. The lowest BCUT2D eigenvalue weighted by molar-refractivity contribution is 0.0767. The second kappa shape index (κ2) is 7.41. The van der Waals surface area contributed by atoms with Crippen molar-refractivity contribution in [2.24, 2.45) is 0 Å². The highest BCUT2D eigenvalue weighted by atomic mass is 16.2. The number of aromatic nitrogens is 1. The molecule has 1 fully saturated rings. The molecule has 116 valence electrons. The van der Waals surface area contributed by atoms with Gasteiger partial charge in [0.05, 0.1) is 0 Å². The van der Waals surface area contributed by atoms with Crippen LogP contribution < -0.4 is 10.2 Å². The third-order valence-corrected chi connectivity index (χ3v) is 4.21. The van der Waals surface area contributed by atoms with Crippen molar-refractivity contribution in [1.82, 2.24) is 15.2 Å². The number of nitrogens with one attached hydrogen (secondary N) is 1. The summed E-state index contributed by atoms with van der Waals surface area (Å²) in [5.41, 5.74) is 1.64. The Bertz CT molecular complexity index is 473. The molecule has 0 spiro atoms. The molecule has 0 aromatic carbocycles. The lowest BCUT2D eigenvalue weighted by Gasteiger charge is -2.34. The van der Waals surface area contributed by atoms with Gasteiger partial charge in [-0.2, -0.15) is 0 Å². The molecule has 5 heteroatoms. The Hall–Kier alpha value is -1.62. The van der Waals surface area contributed by atoms with Crippen molar-refractivity contribution in [1.29, 1.82) is 0 Å². The van der Waals surface area contributed by atoms with Gasteiger partial charge in [0.25, 0.3) is 5.91 Å². The molecule has 21 heavy (non-hydrogen) atoms. The zero-order chi connectivity index (χ0) is 15.2. The maximum atomic E-state index is 12.4. The minimum atomic E-state index is 0.0176. The number of rotatable bonds is 5. The number of pyridine rings is 1. The zero-order valence-corrected chi connectivity index (χ0v) is 13.3. The van der Waals surface area contributed by atoms with Crippen LogP contribution in [0.15, 0.2) is 18.3 Å². The largest absolute Gasteiger partial charge is 0.370 e. The topological polar surface area (TPSA) is 48.5 Å². The molecule has 2 rings (SSSR count). The van der Waals surface area contributed by atoms with E-state index in [1.807, 2.05) is 33.0 Å². The first-order valence-electron chi connectivity index (χ1n) is 7.87. The summed E-state index contributed by atoms with van der Waals surface area (Å²) in [6, 6.07) is 4.45. The molecule has 5 nitrogen and oxygen atoms in total. The molecule has 0 aliphatic carbocycles. The summed E-state index contributed by atoms with van der Waals surface area (Å²) >= 11 is 0. The van der Waals surface area contributed by atoms with E-state index in [1.54, 1.807) is 11.1 Å². The number of amides is 1. The third-order valence-electron chi connectivity index (χ3n) is 4.21. The summed E-state index contributed by atoms with van der Waals surface area (Å²) in [7, 11) is 2.01. The van der Waals surface area contributed by atoms with E-state index in [-0.39, 0.29) is 5.91 Å². The number of nitrogens with zero attached hydrogens (tertiary/aromatic N) is 3. The Morgan fingerprint density at radius 3 is 2.90 bits per heavy atom. The van der Waals surface area contributed by atoms with Crippen molar-refractivity contribution in [2.45, 2.75) is 32.7 Å². The molecule has 0 radical (unpaired) electrons. The van der Waals surface area contributed by atoms with E-state index in [0.717, 1.165) is 18.8 Å². The van der Waals surface area contributed by atoms with E-state index in [0.29, 0.717) is 24.8 Å². The van der Waals surface area contributed by atoms with Crippen LogP contribution in [0.25, 0.3) is 0 Å². The number of anilines is 1. The van der Waals surface area contributed by atoms with E-state index in [1.165, 1.54) is 12.8 Å². The van der Waals surface area contributed by atoms with Gasteiger partial charge in [0.1, 0.15) is 5.69 Å². The highest BCUT2D eigenvalue weighted by Gasteiger charge is 2.20. The predicted molar refractivity (Wildman–Crippen MR) is 85.8 cm³/mol. The van der Waals surface area contributed by atoms with Gasteiger partial charge in [-0.05, 0) is 45.9 Å². The fraction of sp³-hybridized carbons (Fsp3) is 0.625. The predicted octanol–water partition coefficient (Wildman–Crippen LogP) is 1.75. The number of carbonyl (C=O) groups is 1. The van der Waals surface area contributed by atoms with Gasteiger partial charge in [0.15, 0.2) is 0 Å². The first-order chi connectivity index (χ1) is 10.2. The number of carbonyl (C=O) groups excluding carboxylic acids is 1. The molecule has 2 heterocycles. The fourth-order valence-electron chi connectivity index (χ4n) is 2.85. The monoisotopic (exact) mass is 290 g/mol. The van der Waals surface area contributed by atoms with Crippen molar-refractivity contribution in [3.8, 4) is 0 Å². The Labute approximate surface area is 127 Å². The fourth-order valence-corrected chi connectivity index (χ4v) is 2.85. The van der Waals surface area contributed by atoms with E-state index in [2.05, 4.69) is 15.2 Å². The van der Waals surface area contributed by atoms with Crippen LogP contribution in [0, 0.1) is 0 Å². The number of likely N-dealkylation sites (N-methyl/N-ethyl adjacent to an activating group) is 1. The maximum absolute atomic E-state index is 12.4. The highest BCUT2D eigenvalue weighted by molar-refractivity contribution is 5.93. The molecule has 0 bridgehead atoms. The molecule has 1 amide bonds. The second-order valence-electron chi connectivity index (χ2n) is 5.45. The third kappa shape index (κ3) is 3.73. The Morgan fingerprint density at radius 1 is 1.48 bits per heavy atom. The molecule has 1 atom stereocenters. The van der Waals surface area contributed by atoms with Crippen molar-refractivity contribution >= 4 is 11.6 Å². The van der Waals surface area contributed by atoms with E-state index in [4.69, 9.17) is 0 Å². The highest BCUT2D eigenvalue weighted by Crippen LogP contribution is 2.20. The molecule has 1 unspecified atom stereocenters. The summed E-state index contributed by atoms with van der Waals surface area (Å²) in [4.78, 5) is 20.8. The standard InChI is InChI=1S/C16H26N4O/c1-4-19(5-2)16(21)15-11-14(8-9-18-15)20-10-6-7-13(12-20)17-3/h8-9,11,13,17H,4-7,10,12H2,1-3H3. The molecule has 1 aromatic rings. The van der Waals surface area contributed by atoms with E-state index >= 15 is 0 Å². The Kier molecular flexibility index (Phi) is 5.56. The van der Waals surface area contributed by atoms with Gasteiger partial charge in [0, 0.05) is 44.1 Å². The van der Waals surface area contributed by atoms with Gasteiger partial charge in [0.2, 0.25) is 0 Å². The first kappa shape index (κ1) is 15.8. The van der Waals surface area contributed by atoms with Gasteiger partial charge >= 0.3 is 0 Å². The molecule has 1 aliphatic heterocycles. The van der Waals surface area contributed by atoms with Crippen LogP contribution in [-0.2, 0) is 0 Å². The molecule has 1 aliphatic rings. The quantitative estimate of drug-likeness (QED) is 0.897. The van der Waals surface area contributed by atoms with Gasteiger partial charge in [-0.15, -0.1) is 0 Å².